The van der Waals surface area contributed by atoms with Gasteiger partial charge in [0.25, 0.3) is 5.91 Å². The number of aromatic nitrogens is 1. The number of anilines is 1. The molecule has 2 aromatic rings. The van der Waals surface area contributed by atoms with E-state index in [2.05, 4.69) is 4.98 Å². The van der Waals surface area contributed by atoms with Crippen molar-refractivity contribution >= 4 is 23.2 Å². The first-order valence-electron chi connectivity index (χ1n) is 6.19. The number of amides is 1. The zero-order valence-corrected chi connectivity index (χ0v) is 11.3. The molecule has 0 N–H and O–H groups in total. The van der Waals surface area contributed by atoms with E-state index in [1.54, 1.807) is 23.4 Å². The van der Waals surface area contributed by atoms with Crippen molar-refractivity contribution in [3.8, 4) is 0 Å². The van der Waals surface area contributed by atoms with Gasteiger partial charge in [-0.2, -0.15) is 0 Å². The number of halogens is 1. The van der Waals surface area contributed by atoms with E-state index in [9.17, 15) is 4.79 Å². The fourth-order valence-corrected chi connectivity index (χ4v) is 2.85. The number of rotatable bonds is 1. The first-order chi connectivity index (χ1) is 9.18. The van der Waals surface area contributed by atoms with Crippen LogP contribution in [0.3, 0.4) is 0 Å². The average molecular weight is 273 g/mol. The Balaban J connectivity index is 2.11. The highest BCUT2D eigenvalue weighted by atomic mass is 35.5. The molecule has 96 valence electrons. The van der Waals surface area contributed by atoms with Gasteiger partial charge in [-0.3, -0.25) is 9.78 Å². The maximum absolute atomic E-state index is 12.7. The Morgan fingerprint density at radius 2 is 2.16 bits per heavy atom. The van der Waals surface area contributed by atoms with Gasteiger partial charge in [-0.15, -0.1) is 0 Å². The van der Waals surface area contributed by atoms with E-state index in [0.29, 0.717) is 10.6 Å². The van der Waals surface area contributed by atoms with Gasteiger partial charge in [-0.25, -0.2) is 0 Å². The van der Waals surface area contributed by atoms with Crippen molar-refractivity contribution in [3.05, 3.63) is 58.9 Å². The van der Waals surface area contributed by atoms with E-state index in [-0.39, 0.29) is 11.9 Å². The van der Waals surface area contributed by atoms with Crippen LogP contribution in [0.2, 0.25) is 5.02 Å². The maximum atomic E-state index is 12.7. The van der Waals surface area contributed by atoms with Crippen molar-refractivity contribution in [1.82, 2.24) is 4.98 Å². The van der Waals surface area contributed by atoms with Crippen LogP contribution >= 0.6 is 11.6 Å². The van der Waals surface area contributed by atoms with Crippen LogP contribution in [0.15, 0.2) is 42.7 Å². The molecule has 0 spiro atoms. The molecule has 2 heterocycles. The lowest BCUT2D eigenvalue weighted by Crippen LogP contribution is -2.44. The first-order valence-corrected chi connectivity index (χ1v) is 6.57. The molecule has 1 aromatic carbocycles. The zero-order valence-electron chi connectivity index (χ0n) is 10.5. The predicted octanol–water partition coefficient (Wildman–Crippen LogP) is 3.33. The molecule has 1 aliphatic heterocycles. The van der Waals surface area contributed by atoms with Crippen molar-refractivity contribution in [1.29, 1.82) is 0 Å². The van der Waals surface area contributed by atoms with Crippen LogP contribution in [0.4, 0.5) is 5.69 Å². The van der Waals surface area contributed by atoms with Crippen molar-refractivity contribution in [3.63, 3.8) is 0 Å². The van der Waals surface area contributed by atoms with E-state index >= 15 is 0 Å². The van der Waals surface area contributed by atoms with Crippen molar-refractivity contribution in [2.45, 2.75) is 19.4 Å². The Morgan fingerprint density at radius 3 is 2.89 bits per heavy atom. The monoisotopic (exact) mass is 272 g/mol. The van der Waals surface area contributed by atoms with Gasteiger partial charge in [0.05, 0.1) is 22.5 Å². The van der Waals surface area contributed by atoms with Crippen LogP contribution in [-0.4, -0.2) is 16.9 Å². The Labute approximate surface area is 116 Å². The summed E-state index contributed by atoms with van der Waals surface area (Å²) < 4.78 is 0. The van der Waals surface area contributed by atoms with Gasteiger partial charge in [-0.05, 0) is 37.1 Å². The fraction of sp³-hybridized carbons (Fsp3) is 0.200. The molecular formula is C15H13ClN2O. The number of carbonyl (C=O) groups is 1. The topological polar surface area (TPSA) is 33.2 Å². The number of fused-ring (bicyclic) bond motifs is 1. The molecule has 3 rings (SSSR count). The number of nitrogens with zero attached hydrogens (tertiary/aromatic N) is 2. The summed E-state index contributed by atoms with van der Waals surface area (Å²) in [5.74, 6) is -0.0487. The zero-order chi connectivity index (χ0) is 13.4. The molecule has 1 aliphatic rings. The molecule has 0 aliphatic carbocycles. The van der Waals surface area contributed by atoms with Gasteiger partial charge in [0.15, 0.2) is 0 Å². The third kappa shape index (κ3) is 2.00. The molecule has 1 aromatic heterocycles. The SMILES string of the molecule is CC1Cc2cccc(Cl)c2C(=O)N1c1cccnc1. The van der Waals surface area contributed by atoms with Crippen molar-refractivity contribution in [2.24, 2.45) is 0 Å². The third-order valence-electron chi connectivity index (χ3n) is 3.41. The summed E-state index contributed by atoms with van der Waals surface area (Å²) in [4.78, 5) is 18.5. The smallest absolute Gasteiger partial charge is 0.260 e. The van der Waals surface area contributed by atoms with Gasteiger partial charge < -0.3 is 4.90 Å². The van der Waals surface area contributed by atoms with E-state index in [4.69, 9.17) is 11.6 Å². The predicted molar refractivity (Wildman–Crippen MR) is 75.7 cm³/mol. The van der Waals surface area contributed by atoms with Crippen LogP contribution < -0.4 is 4.90 Å². The average Bonchev–Trinajstić information content (AvgIpc) is 2.39. The summed E-state index contributed by atoms with van der Waals surface area (Å²) in [6.45, 7) is 2.04. The molecule has 0 radical (unpaired) electrons. The summed E-state index contributed by atoms with van der Waals surface area (Å²) in [6, 6.07) is 9.44. The number of benzene rings is 1. The van der Waals surface area contributed by atoms with Crippen LogP contribution in [0.1, 0.15) is 22.8 Å². The molecule has 1 atom stereocenters. The molecule has 1 unspecified atom stereocenters. The molecule has 4 heteroatoms. The third-order valence-corrected chi connectivity index (χ3v) is 3.73. The van der Waals surface area contributed by atoms with Crippen LogP contribution in [0.25, 0.3) is 0 Å². The standard InChI is InChI=1S/C15H13ClN2O/c1-10-8-11-4-2-6-13(16)14(11)15(19)18(10)12-5-3-7-17-9-12/h2-7,9-10H,8H2,1H3. The Morgan fingerprint density at radius 1 is 1.32 bits per heavy atom. The molecule has 1 amide bonds. The lowest BCUT2D eigenvalue weighted by Gasteiger charge is -2.34. The Bertz CT molecular complexity index is 627. The largest absolute Gasteiger partial charge is 0.304 e. The summed E-state index contributed by atoms with van der Waals surface area (Å²) >= 11 is 6.17. The maximum Gasteiger partial charge on any atom is 0.260 e. The highest BCUT2D eigenvalue weighted by molar-refractivity contribution is 6.35. The number of hydrogen-bond acceptors (Lipinski definition) is 2. The minimum absolute atomic E-state index is 0.0487. The molecule has 19 heavy (non-hydrogen) atoms. The van der Waals surface area contributed by atoms with E-state index in [1.165, 1.54) is 0 Å². The van der Waals surface area contributed by atoms with Gasteiger partial charge in [0.2, 0.25) is 0 Å². The molecule has 0 saturated carbocycles. The van der Waals surface area contributed by atoms with E-state index < -0.39 is 0 Å². The molecule has 0 bridgehead atoms. The van der Waals surface area contributed by atoms with Gasteiger partial charge in [0.1, 0.15) is 0 Å². The molecular weight excluding hydrogens is 260 g/mol. The minimum atomic E-state index is -0.0487. The summed E-state index contributed by atoms with van der Waals surface area (Å²) in [6.07, 6.45) is 4.20. The van der Waals surface area contributed by atoms with Crippen LogP contribution in [-0.2, 0) is 6.42 Å². The van der Waals surface area contributed by atoms with Crippen LogP contribution in [0, 0.1) is 0 Å². The highest BCUT2D eigenvalue weighted by Gasteiger charge is 2.32. The lowest BCUT2D eigenvalue weighted by atomic mass is 9.93. The Kier molecular flexibility index (Phi) is 2.99. The van der Waals surface area contributed by atoms with Gasteiger partial charge in [-0.1, -0.05) is 23.7 Å². The van der Waals surface area contributed by atoms with Crippen molar-refractivity contribution < 1.29 is 4.79 Å². The number of carbonyl (C=O) groups excluding carboxylic acids is 1. The first kappa shape index (κ1) is 12.2. The highest BCUT2D eigenvalue weighted by Crippen LogP contribution is 2.31. The van der Waals surface area contributed by atoms with Crippen molar-refractivity contribution in [2.75, 3.05) is 4.90 Å². The quantitative estimate of drug-likeness (QED) is 0.798. The second-order valence-corrected chi connectivity index (χ2v) is 5.12. The normalized spacial score (nSPS) is 18.3. The number of hydrogen-bond donors (Lipinski definition) is 0. The Hall–Kier alpha value is -1.87. The fourth-order valence-electron chi connectivity index (χ4n) is 2.58. The van der Waals surface area contributed by atoms with Gasteiger partial charge >= 0.3 is 0 Å². The molecule has 0 saturated heterocycles. The minimum Gasteiger partial charge on any atom is -0.304 e. The summed E-state index contributed by atoms with van der Waals surface area (Å²) in [5, 5.41) is 0.517. The number of pyridine rings is 1. The van der Waals surface area contributed by atoms with E-state index in [0.717, 1.165) is 17.7 Å². The lowest BCUT2D eigenvalue weighted by molar-refractivity contribution is 0.0970. The van der Waals surface area contributed by atoms with E-state index in [1.807, 2.05) is 31.2 Å². The second-order valence-electron chi connectivity index (χ2n) is 4.71. The molecule has 0 fully saturated rings. The molecule has 3 nitrogen and oxygen atoms in total. The second kappa shape index (κ2) is 4.67. The van der Waals surface area contributed by atoms with Gasteiger partial charge in [0, 0.05) is 12.2 Å². The summed E-state index contributed by atoms with van der Waals surface area (Å²) in [5.41, 5.74) is 2.45. The van der Waals surface area contributed by atoms with Crippen LogP contribution in [0.5, 0.6) is 0 Å². The summed E-state index contributed by atoms with van der Waals surface area (Å²) in [7, 11) is 0.